The molecule has 3 rings (SSSR count). The third-order valence-electron chi connectivity index (χ3n) is 4.49. The molecule has 1 aliphatic rings. The van der Waals surface area contributed by atoms with E-state index in [2.05, 4.69) is 63.3 Å². The highest BCUT2D eigenvalue weighted by atomic mass is 14.2. The van der Waals surface area contributed by atoms with Crippen molar-refractivity contribution in [3.8, 4) is 0 Å². The van der Waals surface area contributed by atoms with Crippen LogP contribution in [0.5, 0.6) is 0 Å². The molecule has 0 radical (unpaired) electrons. The van der Waals surface area contributed by atoms with Crippen LogP contribution in [-0.4, -0.2) is 0 Å². The highest BCUT2D eigenvalue weighted by molar-refractivity contribution is 5.99. The lowest BCUT2D eigenvalue weighted by molar-refractivity contribution is 0.949. The molecular formula is C21H24. The van der Waals surface area contributed by atoms with Gasteiger partial charge in [0.2, 0.25) is 0 Å². The van der Waals surface area contributed by atoms with E-state index in [1.165, 1.54) is 40.3 Å². The number of hydrogen-bond acceptors (Lipinski definition) is 0. The molecule has 108 valence electrons. The first kappa shape index (κ1) is 14.1. The summed E-state index contributed by atoms with van der Waals surface area (Å²) in [6.07, 6.45) is 13.9. The standard InChI is InChI=1S/C21H24/c1-4-6-9-18-16(5-2)17-10-7-8-11-19(17)20-13-12-15(3)14-21(18)20/h6,8-9,11-14H,4-5,7,10H2,1-3H3/b9-6-. The van der Waals surface area contributed by atoms with Gasteiger partial charge in [0.05, 0.1) is 0 Å². The van der Waals surface area contributed by atoms with Crippen LogP contribution in [-0.2, 0) is 12.8 Å². The average molecular weight is 276 g/mol. The van der Waals surface area contributed by atoms with Crippen molar-refractivity contribution < 1.29 is 0 Å². The van der Waals surface area contributed by atoms with Crippen LogP contribution in [0, 0.1) is 6.92 Å². The van der Waals surface area contributed by atoms with Gasteiger partial charge in [0, 0.05) is 0 Å². The minimum atomic E-state index is 1.09. The van der Waals surface area contributed by atoms with E-state index >= 15 is 0 Å². The van der Waals surface area contributed by atoms with E-state index in [1.54, 1.807) is 11.1 Å². The normalized spacial score (nSPS) is 14.0. The molecular weight excluding hydrogens is 252 g/mol. The summed E-state index contributed by atoms with van der Waals surface area (Å²) in [5.74, 6) is 0. The van der Waals surface area contributed by atoms with E-state index in [0.717, 1.165) is 12.8 Å². The third kappa shape index (κ3) is 2.44. The highest BCUT2D eigenvalue weighted by Gasteiger charge is 2.17. The molecule has 0 saturated carbocycles. The van der Waals surface area contributed by atoms with Gasteiger partial charge in [0.15, 0.2) is 0 Å². The van der Waals surface area contributed by atoms with E-state index < -0.39 is 0 Å². The lowest BCUT2D eigenvalue weighted by atomic mass is 9.83. The second-order valence-electron chi connectivity index (χ2n) is 5.94. The van der Waals surface area contributed by atoms with Crippen molar-refractivity contribution in [1.29, 1.82) is 0 Å². The van der Waals surface area contributed by atoms with Gasteiger partial charge in [-0.3, -0.25) is 0 Å². The molecule has 0 heterocycles. The second kappa shape index (κ2) is 5.89. The van der Waals surface area contributed by atoms with Crippen molar-refractivity contribution in [2.24, 2.45) is 0 Å². The van der Waals surface area contributed by atoms with Gasteiger partial charge in [0.1, 0.15) is 0 Å². The Hall–Kier alpha value is -1.82. The molecule has 0 heteroatoms. The van der Waals surface area contributed by atoms with Crippen LogP contribution in [0.1, 0.15) is 54.5 Å². The van der Waals surface area contributed by atoms with E-state index in [9.17, 15) is 0 Å². The zero-order valence-electron chi connectivity index (χ0n) is 13.4. The summed E-state index contributed by atoms with van der Waals surface area (Å²) < 4.78 is 0. The minimum Gasteiger partial charge on any atom is -0.0842 e. The van der Waals surface area contributed by atoms with E-state index in [4.69, 9.17) is 0 Å². The number of aryl methyl sites for hydroxylation is 1. The molecule has 2 aromatic rings. The summed E-state index contributed by atoms with van der Waals surface area (Å²) in [6, 6.07) is 6.90. The summed E-state index contributed by atoms with van der Waals surface area (Å²) in [4.78, 5) is 0. The molecule has 0 atom stereocenters. The van der Waals surface area contributed by atoms with Crippen molar-refractivity contribution >= 4 is 22.9 Å². The molecule has 0 aliphatic heterocycles. The Balaban J connectivity index is 2.43. The molecule has 0 fully saturated rings. The first-order chi connectivity index (χ1) is 10.3. The third-order valence-corrected chi connectivity index (χ3v) is 4.49. The van der Waals surface area contributed by atoms with Crippen LogP contribution in [0.25, 0.3) is 22.9 Å². The highest BCUT2D eigenvalue weighted by Crippen LogP contribution is 2.36. The maximum absolute atomic E-state index is 2.35. The average Bonchev–Trinajstić information content (AvgIpc) is 2.52. The molecule has 1 aliphatic carbocycles. The summed E-state index contributed by atoms with van der Waals surface area (Å²) >= 11 is 0. The number of benzene rings is 2. The van der Waals surface area contributed by atoms with E-state index in [-0.39, 0.29) is 0 Å². The van der Waals surface area contributed by atoms with Crippen LogP contribution in [0.4, 0.5) is 0 Å². The maximum atomic E-state index is 2.35. The van der Waals surface area contributed by atoms with Crippen molar-refractivity contribution in [2.75, 3.05) is 0 Å². The van der Waals surface area contributed by atoms with Crippen molar-refractivity contribution in [3.63, 3.8) is 0 Å². The fourth-order valence-corrected chi connectivity index (χ4v) is 3.50. The van der Waals surface area contributed by atoms with Crippen LogP contribution in [0.3, 0.4) is 0 Å². The summed E-state index contributed by atoms with van der Waals surface area (Å²) in [7, 11) is 0. The summed E-state index contributed by atoms with van der Waals surface area (Å²) in [6.45, 7) is 6.68. The lowest BCUT2D eigenvalue weighted by Crippen LogP contribution is -2.04. The van der Waals surface area contributed by atoms with Gasteiger partial charge in [-0.05, 0) is 65.6 Å². The molecule has 2 aromatic carbocycles. The maximum Gasteiger partial charge on any atom is -0.00999 e. The van der Waals surface area contributed by atoms with Crippen LogP contribution in [0.2, 0.25) is 0 Å². The van der Waals surface area contributed by atoms with Gasteiger partial charge in [-0.1, -0.05) is 61.9 Å². The van der Waals surface area contributed by atoms with Gasteiger partial charge >= 0.3 is 0 Å². The first-order valence-corrected chi connectivity index (χ1v) is 8.17. The number of rotatable bonds is 3. The number of fused-ring (bicyclic) bond motifs is 3. The summed E-state index contributed by atoms with van der Waals surface area (Å²) in [5, 5.41) is 2.83. The Morgan fingerprint density at radius 2 is 2.00 bits per heavy atom. The van der Waals surface area contributed by atoms with Crippen LogP contribution >= 0.6 is 0 Å². The fraction of sp³-hybridized carbons (Fsp3) is 0.333. The zero-order chi connectivity index (χ0) is 14.8. The Labute approximate surface area is 128 Å². The Bertz CT molecular complexity index is 730. The van der Waals surface area contributed by atoms with Gasteiger partial charge in [-0.25, -0.2) is 0 Å². The lowest BCUT2D eigenvalue weighted by Gasteiger charge is -2.21. The molecule has 0 unspecified atom stereocenters. The fourth-order valence-electron chi connectivity index (χ4n) is 3.50. The monoisotopic (exact) mass is 276 g/mol. The Morgan fingerprint density at radius 1 is 1.14 bits per heavy atom. The van der Waals surface area contributed by atoms with Gasteiger partial charge in [-0.15, -0.1) is 0 Å². The quantitative estimate of drug-likeness (QED) is 0.636. The molecule has 0 saturated heterocycles. The van der Waals surface area contributed by atoms with Gasteiger partial charge in [0.25, 0.3) is 0 Å². The second-order valence-corrected chi connectivity index (χ2v) is 5.94. The first-order valence-electron chi connectivity index (χ1n) is 8.17. The SMILES string of the molecule is CC/C=C\c1c(CC)c2c(c3ccc(C)cc13)C=CCC2. The van der Waals surface area contributed by atoms with Gasteiger partial charge < -0.3 is 0 Å². The predicted octanol–water partition coefficient (Wildman–Crippen LogP) is 6.09. The molecule has 0 N–H and O–H groups in total. The summed E-state index contributed by atoms with van der Waals surface area (Å²) in [5.41, 5.74) is 7.38. The topological polar surface area (TPSA) is 0 Å². The Morgan fingerprint density at radius 3 is 2.76 bits per heavy atom. The largest absolute Gasteiger partial charge is 0.0842 e. The predicted molar refractivity (Wildman–Crippen MR) is 94.7 cm³/mol. The molecule has 0 nitrogen and oxygen atoms in total. The zero-order valence-corrected chi connectivity index (χ0v) is 13.4. The smallest absolute Gasteiger partial charge is 0.00999 e. The molecule has 0 amide bonds. The van der Waals surface area contributed by atoms with Crippen LogP contribution < -0.4 is 0 Å². The molecule has 0 spiro atoms. The van der Waals surface area contributed by atoms with Crippen molar-refractivity contribution in [1.82, 2.24) is 0 Å². The minimum absolute atomic E-state index is 1.09. The number of hydrogen-bond donors (Lipinski definition) is 0. The molecule has 0 bridgehead atoms. The van der Waals surface area contributed by atoms with Crippen molar-refractivity contribution in [3.05, 3.63) is 58.2 Å². The van der Waals surface area contributed by atoms with Crippen LogP contribution in [0.15, 0.2) is 30.4 Å². The van der Waals surface area contributed by atoms with Crippen molar-refractivity contribution in [2.45, 2.75) is 46.5 Å². The molecule has 21 heavy (non-hydrogen) atoms. The van der Waals surface area contributed by atoms with Gasteiger partial charge in [-0.2, -0.15) is 0 Å². The molecule has 0 aromatic heterocycles. The van der Waals surface area contributed by atoms with E-state index in [1.807, 2.05) is 0 Å². The number of allylic oxidation sites excluding steroid dienone is 2. The van der Waals surface area contributed by atoms with E-state index in [0.29, 0.717) is 0 Å². The Kier molecular flexibility index (Phi) is 3.96.